The highest BCUT2D eigenvalue weighted by atomic mass is 17.5. The van der Waals surface area contributed by atoms with Gasteiger partial charge in [-0.05, 0) is 43.5 Å². The smallest absolute Gasteiger partial charge is 0.430 e. The Kier molecular flexibility index (Phi) is 7.95. The van der Waals surface area contributed by atoms with Crippen LogP contribution >= 0.6 is 0 Å². The lowest BCUT2D eigenvalue weighted by molar-refractivity contribution is -0.452. The molecule has 0 aliphatic heterocycles. The van der Waals surface area contributed by atoms with Crippen molar-refractivity contribution in [3.8, 4) is 0 Å². The first-order chi connectivity index (χ1) is 10.5. The number of hydrogen-bond acceptors (Lipinski definition) is 7. The van der Waals surface area contributed by atoms with Crippen LogP contribution in [-0.4, -0.2) is 31.9 Å². The van der Waals surface area contributed by atoms with Gasteiger partial charge in [0.2, 0.25) is 0 Å². The first kappa shape index (κ1) is 17.9. The average molecular weight is 312 g/mol. The third-order valence-electron chi connectivity index (χ3n) is 2.75. The summed E-state index contributed by atoms with van der Waals surface area (Å²) in [6.07, 6.45) is -0.241. The molecule has 22 heavy (non-hydrogen) atoms. The van der Waals surface area contributed by atoms with Crippen LogP contribution in [0.4, 0.5) is 4.79 Å². The van der Waals surface area contributed by atoms with Gasteiger partial charge in [-0.25, -0.2) is 14.5 Å². The Balaban J connectivity index is 2.21. The van der Waals surface area contributed by atoms with Crippen LogP contribution in [0, 0.1) is 13.8 Å². The molecule has 0 aliphatic rings. The molecule has 0 heterocycles. The molecule has 0 aliphatic carbocycles. The molecule has 0 atom stereocenters. The average Bonchev–Trinajstić information content (AvgIpc) is 2.49. The molecule has 0 unspecified atom stereocenters. The van der Waals surface area contributed by atoms with Gasteiger partial charge < -0.3 is 9.47 Å². The van der Waals surface area contributed by atoms with E-state index < -0.39 is 12.1 Å². The lowest BCUT2D eigenvalue weighted by Gasteiger charge is -2.05. The summed E-state index contributed by atoms with van der Waals surface area (Å²) in [6.45, 7) is 6.61. The predicted octanol–water partition coefficient (Wildman–Crippen LogP) is 2.89. The summed E-state index contributed by atoms with van der Waals surface area (Å²) in [6, 6.07) is 5.00. The van der Waals surface area contributed by atoms with Gasteiger partial charge in [0.1, 0.15) is 6.61 Å². The molecule has 0 fully saturated rings. The molecule has 0 amide bonds. The molecule has 0 bridgehead atoms. The van der Waals surface area contributed by atoms with E-state index in [1.807, 2.05) is 20.8 Å². The zero-order valence-corrected chi connectivity index (χ0v) is 12.9. The van der Waals surface area contributed by atoms with E-state index in [1.54, 1.807) is 18.2 Å². The molecule has 1 aromatic rings. The van der Waals surface area contributed by atoms with E-state index in [0.717, 1.165) is 17.5 Å². The van der Waals surface area contributed by atoms with Gasteiger partial charge in [0.15, 0.2) is 0 Å². The monoisotopic (exact) mass is 312 g/mol. The number of carbonyl (C=O) groups is 2. The predicted molar refractivity (Wildman–Crippen MR) is 76.0 cm³/mol. The van der Waals surface area contributed by atoms with Crippen LogP contribution in [0.25, 0.3) is 0 Å². The minimum atomic E-state index is -1.12. The minimum absolute atomic E-state index is 0.0211. The Morgan fingerprint density at radius 1 is 1.00 bits per heavy atom. The lowest BCUT2D eigenvalue weighted by Crippen LogP contribution is -2.14. The van der Waals surface area contributed by atoms with E-state index in [-0.39, 0.29) is 18.8 Å². The molecular formula is C15H20O7. The van der Waals surface area contributed by atoms with Gasteiger partial charge >= 0.3 is 12.1 Å². The third-order valence-corrected chi connectivity index (χ3v) is 2.75. The van der Waals surface area contributed by atoms with E-state index >= 15 is 0 Å². The molecule has 7 heteroatoms. The second-order valence-corrected chi connectivity index (χ2v) is 4.53. The molecule has 0 aromatic heterocycles. The van der Waals surface area contributed by atoms with E-state index in [9.17, 15) is 9.59 Å². The Labute approximate surface area is 128 Å². The summed E-state index contributed by atoms with van der Waals surface area (Å²) in [5, 5.41) is 4.10. The molecule has 0 saturated carbocycles. The van der Waals surface area contributed by atoms with E-state index in [4.69, 9.17) is 4.74 Å². The van der Waals surface area contributed by atoms with Crippen LogP contribution < -0.4 is 0 Å². The number of carbonyl (C=O) groups excluding carboxylic acids is 2. The van der Waals surface area contributed by atoms with Crippen molar-refractivity contribution in [2.24, 2.45) is 0 Å². The molecule has 1 aromatic carbocycles. The van der Waals surface area contributed by atoms with Gasteiger partial charge in [-0.15, -0.1) is 0 Å². The Morgan fingerprint density at radius 2 is 1.77 bits per heavy atom. The molecule has 7 nitrogen and oxygen atoms in total. The maximum atomic E-state index is 11.6. The van der Waals surface area contributed by atoms with E-state index in [1.165, 1.54) is 0 Å². The second kappa shape index (κ2) is 9.75. The third kappa shape index (κ3) is 6.55. The highest BCUT2D eigenvalue weighted by Gasteiger charge is 2.12. The van der Waals surface area contributed by atoms with Crippen molar-refractivity contribution in [2.45, 2.75) is 27.2 Å². The fourth-order valence-electron chi connectivity index (χ4n) is 1.45. The number of benzene rings is 1. The van der Waals surface area contributed by atoms with Crippen molar-refractivity contribution < 1.29 is 33.9 Å². The highest BCUT2D eigenvalue weighted by Crippen LogP contribution is 2.11. The van der Waals surface area contributed by atoms with Gasteiger partial charge in [-0.1, -0.05) is 13.0 Å². The first-order valence-corrected chi connectivity index (χ1v) is 6.92. The molecular weight excluding hydrogens is 292 g/mol. The quantitative estimate of drug-likeness (QED) is 0.316. The van der Waals surface area contributed by atoms with Crippen molar-refractivity contribution in [3.63, 3.8) is 0 Å². The van der Waals surface area contributed by atoms with E-state index in [2.05, 4.69) is 19.6 Å². The number of rotatable bonds is 8. The summed E-state index contributed by atoms with van der Waals surface area (Å²) in [4.78, 5) is 31.2. The molecule has 0 N–H and O–H groups in total. The Morgan fingerprint density at radius 3 is 2.45 bits per heavy atom. The van der Waals surface area contributed by atoms with Crippen molar-refractivity contribution in [2.75, 3.05) is 19.8 Å². The zero-order chi connectivity index (χ0) is 16.4. The van der Waals surface area contributed by atoms with Crippen LogP contribution in [0.5, 0.6) is 0 Å². The van der Waals surface area contributed by atoms with Crippen LogP contribution in [0.3, 0.4) is 0 Å². The fourth-order valence-corrected chi connectivity index (χ4v) is 1.45. The number of ether oxygens (including phenoxy) is 2. The number of aryl methyl sites for hydroxylation is 2. The van der Waals surface area contributed by atoms with Gasteiger partial charge in [0.25, 0.3) is 0 Å². The molecule has 0 spiro atoms. The zero-order valence-electron chi connectivity index (χ0n) is 12.9. The summed E-state index contributed by atoms with van der Waals surface area (Å²) in [7, 11) is 0. The normalized spacial score (nSPS) is 10.1. The topological polar surface area (TPSA) is 80.3 Å². The summed E-state index contributed by atoms with van der Waals surface area (Å²) in [5.41, 5.74) is 2.26. The molecule has 122 valence electrons. The summed E-state index contributed by atoms with van der Waals surface area (Å²) < 4.78 is 9.70. The Hall–Kier alpha value is -2.12. The summed E-state index contributed by atoms with van der Waals surface area (Å²) >= 11 is 0. The molecule has 0 saturated heterocycles. The van der Waals surface area contributed by atoms with Crippen LogP contribution in [0.2, 0.25) is 0 Å². The molecule has 0 radical (unpaired) electrons. The maximum Gasteiger partial charge on any atom is 0.543 e. The second-order valence-electron chi connectivity index (χ2n) is 4.53. The van der Waals surface area contributed by atoms with E-state index in [0.29, 0.717) is 6.61 Å². The highest BCUT2D eigenvalue weighted by molar-refractivity contribution is 5.89. The fraction of sp³-hybridized carbons (Fsp3) is 0.467. The Bertz CT molecular complexity index is 499. The number of hydrogen-bond donors (Lipinski definition) is 0. The van der Waals surface area contributed by atoms with Gasteiger partial charge in [0, 0.05) is 6.61 Å². The standard InChI is InChI=1S/C15H20O7/c1-4-7-18-8-9-19-15(17)21-22-20-14(16)13-6-5-11(2)12(3)10-13/h5-6,10H,4,7-9H2,1-3H3. The van der Waals surface area contributed by atoms with Crippen LogP contribution in [0.1, 0.15) is 34.8 Å². The van der Waals surface area contributed by atoms with Crippen molar-refractivity contribution in [1.29, 1.82) is 0 Å². The summed E-state index contributed by atoms with van der Waals surface area (Å²) in [5.74, 6) is -0.776. The van der Waals surface area contributed by atoms with Crippen molar-refractivity contribution in [3.05, 3.63) is 34.9 Å². The van der Waals surface area contributed by atoms with Crippen molar-refractivity contribution >= 4 is 12.1 Å². The van der Waals surface area contributed by atoms with Gasteiger partial charge in [0.05, 0.1) is 17.2 Å². The largest absolute Gasteiger partial charge is 0.543 e. The van der Waals surface area contributed by atoms with Crippen LogP contribution in [0.15, 0.2) is 18.2 Å². The lowest BCUT2D eigenvalue weighted by atomic mass is 10.1. The maximum absolute atomic E-state index is 11.6. The minimum Gasteiger partial charge on any atom is -0.430 e. The van der Waals surface area contributed by atoms with Gasteiger partial charge in [-0.3, -0.25) is 4.89 Å². The SMILES string of the molecule is CCCOCCOC(=O)OOOC(=O)c1ccc(C)c(C)c1. The van der Waals surface area contributed by atoms with Gasteiger partial charge in [-0.2, -0.15) is 0 Å². The first-order valence-electron chi connectivity index (χ1n) is 6.92. The van der Waals surface area contributed by atoms with Crippen LogP contribution in [-0.2, 0) is 24.3 Å². The molecule has 1 rings (SSSR count). The van der Waals surface area contributed by atoms with Crippen molar-refractivity contribution in [1.82, 2.24) is 0 Å².